The Bertz CT molecular complexity index is 547. The second kappa shape index (κ2) is 3.64. The minimum atomic E-state index is 0.439. The standard InChI is InChI=1S/C12H12Cl2N2/c1-7-5-10(7)16-11(6-13)15-9-4-2-3-8(14)12(9)16/h2-4,7,10H,5-6H2,1H3. The van der Waals surface area contributed by atoms with Crippen molar-refractivity contribution in [1.82, 2.24) is 9.55 Å². The van der Waals surface area contributed by atoms with E-state index in [0.717, 1.165) is 21.9 Å². The van der Waals surface area contributed by atoms with Crippen molar-refractivity contribution in [2.45, 2.75) is 25.3 Å². The Morgan fingerprint density at radius 1 is 1.50 bits per heavy atom. The molecular weight excluding hydrogens is 243 g/mol. The van der Waals surface area contributed by atoms with Gasteiger partial charge in [0.15, 0.2) is 0 Å². The first kappa shape index (κ1) is 10.4. The van der Waals surface area contributed by atoms with Gasteiger partial charge in [0.1, 0.15) is 5.82 Å². The molecule has 1 aromatic carbocycles. The first-order chi connectivity index (χ1) is 7.72. The van der Waals surface area contributed by atoms with E-state index in [9.17, 15) is 0 Å². The van der Waals surface area contributed by atoms with E-state index in [1.807, 2.05) is 18.2 Å². The van der Waals surface area contributed by atoms with Gasteiger partial charge in [0.25, 0.3) is 0 Å². The van der Waals surface area contributed by atoms with E-state index < -0.39 is 0 Å². The van der Waals surface area contributed by atoms with Gasteiger partial charge in [-0.05, 0) is 24.5 Å². The third kappa shape index (κ3) is 1.44. The van der Waals surface area contributed by atoms with Crippen molar-refractivity contribution in [3.63, 3.8) is 0 Å². The third-order valence-electron chi connectivity index (χ3n) is 3.25. The Kier molecular flexibility index (Phi) is 2.37. The predicted octanol–water partition coefficient (Wildman–Crippen LogP) is 4.01. The summed E-state index contributed by atoms with van der Waals surface area (Å²) >= 11 is 12.2. The topological polar surface area (TPSA) is 17.8 Å². The number of fused-ring (bicyclic) bond motifs is 1. The number of halogens is 2. The number of para-hydroxylation sites is 1. The minimum absolute atomic E-state index is 0.439. The van der Waals surface area contributed by atoms with Crippen LogP contribution in [0.4, 0.5) is 0 Å². The van der Waals surface area contributed by atoms with Crippen molar-refractivity contribution in [2.24, 2.45) is 5.92 Å². The molecule has 1 aliphatic rings. The second-order valence-corrected chi connectivity index (χ2v) is 5.09. The maximum absolute atomic E-state index is 6.25. The zero-order valence-corrected chi connectivity index (χ0v) is 10.5. The molecule has 1 aliphatic carbocycles. The number of hydrogen-bond acceptors (Lipinski definition) is 1. The van der Waals surface area contributed by atoms with Gasteiger partial charge in [-0.3, -0.25) is 0 Å². The van der Waals surface area contributed by atoms with Gasteiger partial charge in [0.05, 0.1) is 21.9 Å². The van der Waals surface area contributed by atoms with Crippen LogP contribution in [0.3, 0.4) is 0 Å². The molecule has 84 valence electrons. The number of hydrogen-bond donors (Lipinski definition) is 0. The molecule has 4 heteroatoms. The molecule has 2 atom stereocenters. The Balaban J connectivity index is 2.29. The van der Waals surface area contributed by atoms with Gasteiger partial charge in [0, 0.05) is 6.04 Å². The molecule has 1 aromatic heterocycles. The molecule has 0 amide bonds. The molecule has 16 heavy (non-hydrogen) atoms. The number of benzene rings is 1. The summed E-state index contributed by atoms with van der Waals surface area (Å²) in [6, 6.07) is 6.35. The summed E-state index contributed by atoms with van der Waals surface area (Å²) in [4.78, 5) is 4.53. The van der Waals surface area contributed by atoms with Gasteiger partial charge < -0.3 is 4.57 Å². The van der Waals surface area contributed by atoms with Crippen molar-refractivity contribution in [3.05, 3.63) is 29.0 Å². The van der Waals surface area contributed by atoms with Crippen LogP contribution in [0.5, 0.6) is 0 Å². The van der Waals surface area contributed by atoms with E-state index in [2.05, 4.69) is 16.5 Å². The van der Waals surface area contributed by atoms with E-state index >= 15 is 0 Å². The molecule has 0 bridgehead atoms. The van der Waals surface area contributed by atoms with E-state index in [1.54, 1.807) is 0 Å². The average molecular weight is 255 g/mol. The van der Waals surface area contributed by atoms with Crippen LogP contribution in [-0.4, -0.2) is 9.55 Å². The molecular formula is C12H12Cl2N2. The molecule has 0 aliphatic heterocycles. The molecule has 1 fully saturated rings. The summed E-state index contributed by atoms with van der Waals surface area (Å²) in [5, 5.41) is 0.764. The van der Waals surface area contributed by atoms with E-state index in [4.69, 9.17) is 23.2 Å². The van der Waals surface area contributed by atoms with Crippen molar-refractivity contribution in [1.29, 1.82) is 0 Å². The highest BCUT2D eigenvalue weighted by Gasteiger charge is 2.37. The lowest BCUT2D eigenvalue weighted by atomic mass is 10.3. The van der Waals surface area contributed by atoms with E-state index in [0.29, 0.717) is 17.8 Å². The van der Waals surface area contributed by atoms with Gasteiger partial charge in [-0.2, -0.15) is 0 Å². The van der Waals surface area contributed by atoms with Crippen LogP contribution in [0.2, 0.25) is 5.02 Å². The maximum Gasteiger partial charge on any atom is 0.125 e. The lowest BCUT2D eigenvalue weighted by Gasteiger charge is -2.06. The smallest absolute Gasteiger partial charge is 0.125 e. The highest BCUT2D eigenvalue weighted by Crippen LogP contribution is 2.46. The summed E-state index contributed by atoms with van der Waals surface area (Å²) in [6.45, 7) is 2.24. The summed E-state index contributed by atoms with van der Waals surface area (Å²) in [5.41, 5.74) is 1.98. The predicted molar refractivity (Wildman–Crippen MR) is 67.1 cm³/mol. The first-order valence-electron chi connectivity index (χ1n) is 5.43. The van der Waals surface area contributed by atoms with Crippen LogP contribution >= 0.6 is 23.2 Å². The highest BCUT2D eigenvalue weighted by atomic mass is 35.5. The van der Waals surface area contributed by atoms with Gasteiger partial charge in [-0.1, -0.05) is 24.6 Å². The number of nitrogens with zero attached hydrogens (tertiary/aromatic N) is 2. The van der Waals surface area contributed by atoms with Gasteiger partial charge in [-0.15, -0.1) is 11.6 Å². The van der Waals surface area contributed by atoms with Crippen LogP contribution in [0.1, 0.15) is 25.2 Å². The Hall–Kier alpha value is -0.730. The van der Waals surface area contributed by atoms with Gasteiger partial charge in [-0.25, -0.2) is 4.98 Å². The lowest BCUT2D eigenvalue weighted by molar-refractivity contribution is 0.678. The SMILES string of the molecule is CC1CC1n1c(CCl)nc2cccc(Cl)c21. The monoisotopic (exact) mass is 254 g/mol. The minimum Gasteiger partial charge on any atom is -0.322 e. The van der Waals surface area contributed by atoms with Gasteiger partial charge >= 0.3 is 0 Å². The second-order valence-electron chi connectivity index (χ2n) is 4.42. The fraction of sp³-hybridized carbons (Fsp3) is 0.417. The number of alkyl halides is 1. The zero-order chi connectivity index (χ0) is 11.3. The molecule has 3 rings (SSSR count). The van der Waals surface area contributed by atoms with Gasteiger partial charge in [0.2, 0.25) is 0 Å². The number of aromatic nitrogens is 2. The van der Waals surface area contributed by atoms with Crippen LogP contribution in [-0.2, 0) is 5.88 Å². The van der Waals surface area contributed by atoms with Crippen LogP contribution in [0.15, 0.2) is 18.2 Å². The fourth-order valence-corrected chi connectivity index (χ4v) is 2.72. The highest BCUT2D eigenvalue weighted by molar-refractivity contribution is 6.35. The van der Waals surface area contributed by atoms with Crippen molar-refractivity contribution in [2.75, 3.05) is 0 Å². The summed E-state index contributed by atoms with van der Waals surface area (Å²) in [5.74, 6) is 2.07. The summed E-state index contributed by atoms with van der Waals surface area (Å²) in [6.07, 6.45) is 1.20. The molecule has 2 unspecified atom stereocenters. The number of rotatable bonds is 2. The Morgan fingerprint density at radius 3 is 2.88 bits per heavy atom. The molecule has 2 aromatic rings. The Labute approximate surface area is 104 Å². The van der Waals surface area contributed by atoms with Crippen LogP contribution in [0.25, 0.3) is 11.0 Å². The molecule has 1 saturated carbocycles. The molecule has 0 radical (unpaired) electrons. The maximum atomic E-state index is 6.25. The summed E-state index contributed by atoms with van der Waals surface area (Å²) < 4.78 is 2.22. The van der Waals surface area contributed by atoms with Crippen molar-refractivity contribution in [3.8, 4) is 0 Å². The molecule has 2 nitrogen and oxygen atoms in total. The Morgan fingerprint density at radius 2 is 2.25 bits per heavy atom. The molecule has 0 spiro atoms. The quantitative estimate of drug-likeness (QED) is 0.741. The largest absolute Gasteiger partial charge is 0.322 e. The third-order valence-corrected chi connectivity index (χ3v) is 3.80. The first-order valence-corrected chi connectivity index (χ1v) is 6.35. The average Bonchev–Trinajstić information content (AvgIpc) is 2.86. The lowest BCUT2D eigenvalue weighted by Crippen LogP contribution is -2.00. The van der Waals surface area contributed by atoms with Crippen LogP contribution < -0.4 is 0 Å². The van der Waals surface area contributed by atoms with E-state index in [-0.39, 0.29) is 0 Å². The summed E-state index contributed by atoms with van der Waals surface area (Å²) in [7, 11) is 0. The molecule has 0 N–H and O–H groups in total. The molecule has 1 heterocycles. The fourth-order valence-electron chi connectivity index (χ4n) is 2.27. The zero-order valence-electron chi connectivity index (χ0n) is 8.95. The normalized spacial score (nSPS) is 23.9. The molecule has 0 saturated heterocycles. The van der Waals surface area contributed by atoms with Crippen LogP contribution in [0, 0.1) is 5.92 Å². The van der Waals surface area contributed by atoms with E-state index in [1.165, 1.54) is 6.42 Å². The number of imidazole rings is 1. The van der Waals surface area contributed by atoms with Crippen molar-refractivity contribution < 1.29 is 0 Å². The van der Waals surface area contributed by atoms with Crippen molar-refractivity contribution >= 4 is 34.2 Å².